The van der Waals surface area contributed by atoms with Gasteiger partial charge in [0.05, 0.1) is 37.7 Å². The Morgan fingerprint density at radius 1 is 1.24 bits per heavy atom. The van der Waals surface area contributed by atoms with Crippen LogP contribution in [0, 0.1) is 5.82 Å². The Bertz CT molecular complexity index is 910. The summed E-state index contributed by atoms with van der Waals surface area (Å²) in [6, 6.07) is 6.87. The van der Waals surface area contributed by atoms with Gasteiger partial charge in [-0.25, -0.2) is 9.18 Å². The van der Waals surface area contributed by atoms with E-state index in [9.17, 15) is 14.0 Å². The molecule has 154 valence electrons. The molecular weight excluding hydrogens is 379 g/mol. The van der Waals surface area contributed by atoms with Gasteiger partial charge in [0.15, 0.2) is 0 Å². The summed E-state index contributed by atoms with van der Waals surface area (Å²) in [5.41, 5.74) is 1.87. The molecular formula is C20H23FN4O4. The number of amides is 2. The van der Waals surface area contributed by atoms with Crippen molar-refractivity contribution in [2.75, 3.05) is 49.2 Å². The van der Waals surface area contributed by atoms with Gasteiger partial charge in [0.1, 0.15) is 11.9 Å². The molecule has 1 N–H and O–H groups in total. The Kier molecular flexibility index (Phi) is 5.39. The molecule has 0 radical (unpaired) electrons. The monoisotopic (exact) mass is 402 g/mol. The van der Waals surface area contributed by atoms with E-state index in [-0.39, 0.29) is 18.3 Å². The summed E-state index contributed by atoms with van der Waals surface area (Å²) in [7, 11) is 0. The molecule has 2 aliphatic rings. The van der Waals surface area contributed by atoms with Crippen LogP contribution in [-0.4, -0.2) is 62.1 Å². The minimum Gasteiger partial charge on any atom is -0.442 e. The fraction of sp³-hybridized carbons (Fsp3) is 0.400. The van der Waals surface area contributed by atoms with Gasteiger partial charge in [-0.2, -0.15) is 0 Å². The maximum Gasteiger partial charge on any atom is 0.414 e. The molecule has 3 heterocycles. The lowest BCUT2D eigenvalue weighted by molar-refractivity contribution is -0.119. The molecule has 2 aliphatic heterocycles. The van der Waals surface area contributed by atoms with Crippen LogP contribution in [0.5, 0.6) is 0 Å². The van der Waals surface area contributed by atoms with Crippen molar-refractivity contribution in [2.24, 2.45) is 0 Å². The first-order valence-electron chi connectivity index (χ1n) is 9.54. The highest BCUT2D eigenvalue weighted by Crippen LogP contribution is 2.26. The number of ether oxygens (including phenoxy) is 2. The van der Waals surface area contributed by atoms with Crippen LogP contribution in [0.15, 0.2) is 36.7 Å². The second-order valence-corrected chi connectivity index (χ2v) is 7.07. The van der Waals surface area contributed by atoms with Crippen LogP contribution in [0.25, 0.3) is 5.69 Å². The van der Waals surface area contributed by atoms with Crippen LogP contribution >= 0.6 is 0 Å². The molecule has 2 aromatic rings. The van der Waals surface area contributed by atoms with Gasteiger partial charge >= 0.3 is 6.09 Å². The van der Waals surface area contributed by atoms with Gasteiger partial charge in [0.2, 0.25) is 5.91 Å². The highest BCUT2D eigenvalue weighted by molar-refractivity contribution is 5.89. The second kappa shape index (κ2) is 8.12. The molecule has 0 bridgehead atoms. The lowest BCUT2D eigenvalue weighted by Gasteiger charge is -2.29. The number of carbonyl (C=O) groups excluding carboxylic acids is 2. The summed E-state index contributed by atoms with van der Waals surface area (Å²) >= 11 is 0. The van der Waals surface area contributed by atoms with Crippen molar-refractivity contribution in [1.29, 1.82) is 0 Å². The molecule has 0 spiro atoms. The lowest BCUT2D eigenvalue weighted by atomic mass is 10.2. The Morgan fingerprint density at radius 3 is 2.76 bits per heavy atom. The Labute approximate surface area is 167 Å². The first-order valence-corrected chi connectivity index (χ1v) is 9.54. The zero-order valence-electron chi connectivity index (χ0n) is 16.1. The fourth-order valence-electron chi connectivity index (χ4n) is 3.52. The lowest BCUT2D eigenvalue weighted by Crippen LogP contribution is -2.36. The molecule has 4 rings (SSSR count). The second-order valence-electron chi connectivity index (χ2n) is 7.07. The molecule has 0 aliphatic carbocycles. The van der Waals surface area contributed by atoms with Crippen molar-refractivity contribution in [3.63, 3.8) is 0 Å². The van der Waals surface area contributed by atoms with Crippen molar-refractivity contribution in [1.82, 2.24) is 9.88 Å². The van der Waals surface area contributed by atoms with E-state index in [0.717, 1.165) is 0 Å². The molecule has 2 amide bonds. The van der Waals surface area contributed by atoms with E-state index in [4.69, 9.17) is 9.47 Å². The van der Waals surface area contributed by atoms with Crippen molar-refractivity contribution in [3.05, 3.63) is 42.5 Å². The van der Waals surface area contributed by atoms with Gasteiger partial charge < -0.3 is 24.3 Å². The van der Waals surface area contributed by atoms with Crippen molar-refractivity contribution in [2.45, 2.75) is 13.0 Å². The Hall–Kier alpha value is -3.07. The molecule has 2 saturated heterocycles. The molecule has 1 aromatic carbocycles. The summed E-state index contributed by atoms with van der Waals surface area (Å²) in [5, 5.41) is 2.65. The van der Waals surface area contributed by atoms with Crippen LogP contribution in [0.3, 0.4) is 0 Å². The molecule has 0 saturated carbocycles. The average Bonchev–Trinajstić information content (AvgIpc) is 3.33. The highest BCUT2D eigenvalue weighted by atomic mass is 19.1. The summed E-state index contributed by atoms with van der Waals surface area (Å²) in [4.78, 5) is 26.7. The van der Waals surface area contributed by atoms with Crippen molar-refractivity contribution in [3.8, 4) is 5.69 Å². The topological polar surface area (TPSA) is 76.0 Å². The molecule has 8 nitrogen and oxygen atoms in total. The number of aromatic nitrogens is 1. The van der Waals surface area contributed by atoms with Gasteiger partial charge in [-0.05, 0) is 24.3 Å². The number of nitrogens with zero attached hydrogens (tertiary/aromatic N) is 3. The normalized spacial score (nSPS) is 19.4. The molecule has 2 fully saturated rings. The number of morpholine rings is 1. The molecule has 29 heavy (non-hydrogen) atoms. The van der Waals surface area contributed by atoms with Gasteiger partial charge in [0, 0.05) is 38.1 Å². The largest absolute Gasteiger partial charge is 0.442 e. The van der Waals surface area contributed by atoms with Gasteiger partial charge in [-0.1, -0.05) is 0 Å². The number of carbonyl (C=O) groups is 2. The Balaban J connectivity index is 1.47. The standard InChI is InChI=1S/C20H23FN4O4/c1-14(26)22-11-17-13-25(20(27)29-17)16-4-5-24(12-16)15-2-3-19(18(21)10-15)23-6-8-28-9-7-23/h2-5,10,12,17H,6-9,11,13H2,1H3,(H,22,26)/t17-/m0/s1. The fourth-order valence-corrected chi connectivity index (χ4v) is 3.52. The van der Waals surface area contributed by atoms with Crippen molar-refractivity contribution < 1.29 is 23.5 Å². The summed E-state index contributed by atoms with van der Waals surface area (Å²) in [6.45, 7) is 4.55. The number of rotatable bonds is 5. The summed E-state index contributed by atoms with van der Waals surface area (Å²) in [5.74, 6) is -0.469. The zero-order valence-corrected chi connectivity index (χ0v) is 16.1. The third-order valence-electron chi connectivity index (χ3n) is 5.02. The average molecular weight is 402 g/mol. The zero-order chi connectivity index (χ0) is 20.4. The number of hydrogen-bond donors (Lipinski definition) is 1. The predicted octanol–water partition coefficient (Wildman–Crippen LogP) is 1.91. The third-order valence-corrected chi connectivity index (χ3v) is 5.02. The maximum atomic E-state index is 14.7. The molecule has 9 heteroatoms. The number of cyclic esters (lactones) is 1. The number of hydrogen-bond acceptors (Lipinski definition) is 5. The van der Waals surface area contributed by atoms with E-state index in [2.05, 4.69) is 5.32 Å². The van der Waals surface area contributed by atoms with E-state index in [1.54, 1.807) is 29.1 Å². The van der Waals surface area contributed by atoms with Crippen LogP contribution in [0.1, 0.15) is 6.92 Å². The van der Waals surface area contributed by atoms with E-state index < -0.39 is 12.2 Å². The highest BCUT2D eigenvalue weighted by Gasteiger charge is 2.32. The summed E-state index contributed by atoms with van der Waals surface area (Å²) < 4.78 is 27.0. The van der Waals surface area contributed by atoms with Gasteiger partial charge in [-0.15, -0.1) is 0 Å². The van der Waals surface area contributed by atoms with E-state index in [1.807, 2.05) is 11.0 Å². The minimum absolute atomic E-state index is 0.173. The van der Waals surface area contributed by atoms with Crippen LogP contribution in [0.2, 0.25) is 0 Å². The Morgan fingerprint density at radius 2 is 2.03 bits per heavy atom. The quantitative estimate of drug-likeness (QED) is 0.827. The van der Waals surface area contributed by atoms with E-state index >= 15 is 0 Å². The minimum atomic E-state index is -0.466. The number of anilines is 2. The summed E-state index contributed by atoms with van der Waals surface area (Å²) in [6.07, 6.45) is 2.66. The number of benzene rings is 1. The molecule has 1 aromatic heterocycles. The number of nitrogens with one attached hydrogen (secondary N) is 1. The SMILES string of the molecule is CC(=O)NC[C@H]1CN(c2ccn(-c3ccc(N4CCOCC4)c(F)c3)c2)C(=O)O1. The first kappa shape index (κ1) is 19.3. The molecule has 1 atom stereocenters. The predicted molar refractivity (Wildman–Crippen MR) is 105 cm³/mol. The van der Waals surface area contributed by atoms with E-state index in [0.29, 0.717) is 49.9 Å². The van der Waals surface area contributed by atoms with Crippen LogP contribution in [-0.2, 0) is 14.3 Å². The molecule has 0 unspecified atom stereocenters. The smallest absolute Gasteiger partial charge is 0.414 e. The van der Waals surface area contributed by atoms with Crippen molar-refractivity contribution >= 4 is 23.4 Å². The van der Waals surface area contributed by atoms with Crippen LogP contribution < -0.4 is 15.1 Å². The third kappa shape index (κ3) is 4.19. The van der Waals surface area contributed by atoms with E-state index in [1.165, 1.54) is 17.9 Å². The first-order chi connectivity index (χ1) is 14.0. The maximum absolute atomic E-state index is 14.7. The van der Waals surface area contributed by atoms with Gasteiger partial charge in [-0.3, -0.25) is 9.69 Å². The van der Waals surface area contributed by atoms with Gasteiger partial charge in [0.25, 0.3) is 0 Å². The van der Waals surface area contributed by atoms with Crippen LogP contribution in [0.4, 0.5) is 20.6 Å². The number of halogens is 1.